The number of aromatic nitrogens is 1. The number of fused-ring (bicyclic) bond motifs is 6. The maximum atomic E-state index is 3.62. The normalized spacial score (nSPS) is 11.7. The summed E-state index contributed by atoms with van der Waals surface area (Å²) >= 11 is 0. The molecule has 0 fully saturated rings. The van der Waals surface area contributed by atoms with E-state index in [2.05, 4.69) is 102 Å². The molecule has 1 nitrogen and oxygen atoms in total. The van der Waals surface area contributed by atoms with Gasteiger partial charge in [-0.1, -0.05) is 78.9 Å². The third-order valence-corrected chi connectivity index (χ3v) is 5.57. The molecule has 27 heavy (non-hydrogen) atoms. The summed E-state index contributed by atoms with van der Waals surface area (Å²) in [5.41, 5.74) is 4.87. The lowest BCUT2D eigenvalue weighted by Gasteiger charge is -2.05. The van der Waals surface area contributed by atoms with E-state index in [9.17, 15) is 0 Å². The average Bonchev–Trinajstić information content (AvgIpc) is 3.11. The molecule has 5 aromatic carbocycles. The van der Waals surface area contributed by atoms with E-state index in [0.717, 1.165) is 0 Å². The molecule has 0 bridgehead atoms. The SMILES string of the molecule is c1ccc2cc(-c3ccc4c(c3)[nH]c3ccc5ccccc5c34)ccc2c1. The number of rotatable bonds is 1. The van der Waals surface area contributed by atoms with Gasteiger partial charge >= 0.3 is 0 Å². The van der Waals surface area contributed by atoms with E-state index in [-0.39, 0.29) is 0 Å². The van der Waals surface area contributed by atoms with Crippen LogP contribution in [-0.4, -0.2) is 4.98 Å². The second-order valence-electron chi connectivity index (χ2n) is 7.16. The maximum absolute atomic E-state index is 3.62. The molecule has 1 aromatic heterocycles. The van der Waals surface area contributed by atoms with E-state index >= 15 is 0 Å². The van der Waals surface area contributed by atoms with E-state index in [1.54, 1.807) is 0 Å². The Bertz CT molecular complexity index is 1470. The molecule has 0 aliphatic heterocycles. The number of benzene rings is 5. The monoisotopic (exact) mass is 343 g/mol. The molecule has 0 spiro atoms. The highest BCUT2D eigenvalue weighted by molar-refractivity contribution is 6.20. The molecule has 1 heterocycles. The van der Waals surface area contributed by atoms with Crippen LogP contribution in [0.3, 0.4) is 0 Å². The second kappa shape index (κ2) is 5.46. The molecule has 0 amide bonds. The summed E-state index contributed by atoms with van der Waals surface area (Å²) in [5, 5.41) is 7.74. The minimum Gasteiger partial charge on any atom is -0.354 e. The van der Waals surface area contributed by atoms with Gasteiger partial charge in [0.05, 0.1) is 0 Å². The highest BCUT2D eigenvalue weighted by atomic mass is 14.7. The van der Waals surface area contributed by atoms with Crippen molar-refractivity contribution in [3.05, 3.63) is 97.1 Å². The number of hydrogen-bond acceptors (Lipinski definition) is 0. The van der Waals surface area contributed by atoms with Crippen molar-refractivity contribution in [2.45, 2.75) is 0 Å². The first kappa shape index (κ1) is 14.6. The average molecular weight is 343 g/mol. The molecule has 126 valence electrons. The molecular weight excluding hydrogens is 326 g/mol. The number of H-pyrrole nitrogens is 1. The van der Waals surface area contributed by atoms with Crippen molar-refractivity contribution in [1.82, 2.24) is 4.98 Å². The molecule has 0 saturated heterocycles. The summed E-state index contributed by atoms with van der Waals surface area (Å²) in [6.45, 7) is 0. The van der Waals surface area contributed by atoms with Gasteiger partial charge in [0.1, 0.15) is 0 Å². The van der Waals surface area contributed by atoms with Crippen molar-refractivity contribution in [3.63, 3.8) is 0 Å². The Hall–Kier alpha value is -3.58. The summed E-state index contributed by atoms with van der Waals surface area (Å²) in [4.78, 5) is 3.62. The predicted octanol–water partition coefficient (Wildman–Crippen LogP) is 7.29. The van der Waals surface area contributed by atoms with Gasteiger partial charge in [-0.2, -0.15) is 0 Å². The molecule has 0 aliphatic rings. The van der Waals surface area contributed by atoms with Crippen LogP contribution in [-0.2, 0) is 0 Å². The third-order valence-electron chi connectivity index (χ3n) is 5.57. The van der Waals surface area contributed by atoms with Crippen LogP contribution >= 0.6 is 0 Å². The van der Waals surface area contributed by atoms with Crippen LogP contribution in [0.5, 0.6) is 0 Å². The first-order chi connectivity index (χ1) is 13.4. The summed E-state index contributed by atoms with van der Waals surface area (Å²) in [5.74, 6) is 0. The smallest absolute Gasteiger partial charge is 0.0471 e. The lowest BCUT2D eigenvalue weighted by atomic mass is 9.99. The summed E-state index contributed by atoms with van der Waals surface area (Å²) in [6.07, 6.45) is 0. The van der Waals surface area contributed by atoms with Crippen LogP contribution in [0.2, 0.25) is 0 Å². The van der Waals surface area contributed by atoms with Crippen molar-refractivity contribution < 1.29 is 0 Å². The Morgan fingerprint density at radius 2 is 1.15 bits per heavy atom. The zero-order chi connectivity index (χ0) is 17.8. The molecule has 0 saturated carbocycles. The van der Waals surface area contributed by atoms with Crippen LogP contribution in [0.4, 0.5) is 0 Å². The van der Waals surface area contributed by atoms with Crippen molar-refractivity contribution in [1.29, 1.82) is 0 Å². The minimum atomic E-state index is 1.19. The first-order valence-electron chi connectivity index (χ1n) is 9.29. The molecule has 1 heteroatoms. The van der Waals surface area contributed by atoms with E-state index < -0.39 is 0 Å². The van der Waals surface area contributed by atoms with Crippen molar-refractivity contribution in [2.75, 3.05) is 0 Å². The molecular formula is C26H17N. The zero-order valence-electron chi connectivity index (χ0n) is 14.7. The molecule has 6 rings (SSSR count). The molecule has 1 N–H and O–H groups in total. The molecule has 0 unspecified atom stereocenters. The van der Waals surface area contributed by atoms with E-state index in [4.69, 9.17) is 0 Å². The highest BCUT2D eigenvalue weighted by Gasteiger charge is 2.09. The summed E-state index contributed by atoms with van der Waals surface area (Å²) in [7, 11) is 0. The fourth-order valence-electron chi connectivity index (χ4n) is 4.23. The van der Waals surface area contributed by atoms with Crippen molar-refractivity contribution in [3.8, 4) is 11.1 Å². The van der Waals surface area contributed by atoms with Gasteiger partial charge in [0.25, 0.3) is 0 Å². The molecule has 6 aromatic rings. The van der Waals surface area contributed by atoms with Crippen LogP contribution < -0.4 is 0 Å². The van der Waals surface area contributed by atoms with Crippen molar-refractivity contribution >= 4 is 43.4 Å². The lowest BCUT2D eigenvalue weighted by Crippen LogP contribution is -1.79. The Labute approximate surface area is 156 Å². The van der Waals surface area contributed by atoms with Gasteiger partial charge in [-0.05, 0) is 50.9 Å². The largest absolute Gasteiger partial charge is 0.354 e. The molecule has 0 aliphatic carbocycles. The van der Waals surface area contributed by atoms with Gasteiger partial charge in [-0.25, -0.2) is 0 Å². The van der Waals surface area contributed by atoms with E-state index in [0.29, 0.717) is 0 Å². The Morgan fingerprint density at radius 3 is 2.07 bits per heavy atom. The Kier molecular flexibility index (Phi) is 2.95. The van der Waals surface area contributed by atoms with E-state index in [1.807, 2.05) is 0 Å². The quantitative estimate of drug-likeness (QED) is 0.322. The van der Waals surface area contributed by atoms with Crippen LogP contribution in [0.15, 0.2) is 97.1 Å². The van der Waals surface area contributed by atoms with Crippen LogP contribution in [0.1, 0.15) is 0 Å². The zero-order valence-corrected chi connectivity index (χ0v) is 14.7. The lowest BCUT2D eigenvalue weighted by molar-refractivity contribution is 1.55. The van der Waals surface area contributed by atoms with Crippen LogP contribution in [0.25, 0.3) is 54.5 Å². The second-order valence-corrected chi connectivity index (χ2v) is 7.16. The minimum absolute atomic E-state index is 1.19. The topological polar surface area (TPSA) is 15.8 Å². The van der Waals surface area contributed by atoms with Crippen LogP contribution in [0, 0.1) is 0 Å². The highest BCUT2D eigenvalue weighted by Crippen LogP contribution is 2.34. The predicted molar refractivity (Wildman–Crippen MR) is 116 cm³/mol. The Balaban J connectivity index is 1.61. The number of aromatic amines is 1. The standard InChI is InChI=1S/C26H17N/c1-2-7-19-15-20(10-9-17(19)5-1)21-11-13-23-25(16-21)27-24-14-12-18-6-3-4-8-22(18)26(23)24/h1-16,27H. The fraction of sp³-hybridized carbons (Fsp3) is 0. The van der Waals surface area contributed by atoms with Gasteiger partial charge in [-0.15, -0.1) is 0 Å². The fourth-order valence-corrected chi connectivity index (χ4v) is 4.23. The van der Waals surface area contributed by atoms with Gasteiger partial charge < -0.3 is 4.98 Å². The van der Waals surface area contributed by atoms with E-state index in [1.165, 1.54) is 54.5 Å². The number of nitrogens with one attached hydrogen (secondary N) is 1. The van der Waals surface area contributed by atoms with Gasteiger partial charge in [0.2, 0.25) is 0 Å². The van der Waals surface area contributed by atoms with Gasteiger partial charge in [-0.3, -0.25) is 0 Å². The number of hydrogen-bond donors (Lipinski definition) is 1. The first-order valence-corrected chi connectivity index (χ1v) is 9.29. The maximum Gasteiger partial charge on any atom is 0.0471 e. The summed E-state index contributed by atoms with van der Waals surface area (Å²) < 4.78 is 0. The van der Waals surface area contributed by atoms with Crippen molar-refractivity contribution in [2.24, 2.45) is 0 Å². The Morgan fingerprint density at radius 1 is 0.444 bits per heavy atom. The third kappa shape index (κ3) is 2.18. The summed E-state index contributed by atoms with van der Waals surface area (Å²) in [6, 6.07) is 34.9. The molecule has 0 atom stereocenters. The van der Waals surface area contributed by atoms with Gasteiger partial charge in [0, 0.05) is 21.8 Å². The van der Waals surface area contributed by atoms with Gasteiger partial charge in [0.15, 0.2) is 0 Å². The molecule has 0 radical (unpaired) electrons.